The van der Waals surface area contributed by atoms with E-state index in [0.29, 0.717) is 0 Å². The van der Waals surface area contributed by atoms with Crippen LogP contribution < -0.4 is 10.2 Å². The first-order valence-corrected chi connectivity index (χ1v) is 5.30. The van der Waals surface area contributed by atoms with Crippen LogP contribution in [0.1, 0.15) is 6.92 Å². The quantitative estimate of drug-likeness (QED) is 0.713. The summed E-state index contributed by atoms with van der Waals surface area (Å²) in [5, 5.41) is 21.1. The first-order valence-electron chi connectivity index (χ1n) is 5.30. The molecule has 0 heterocycles. The Bertz CT molecular complexity index is 385. The second kappa shape index (κ2) is 5.05. The summed E-state index contributed by atoms with van der Waals surface area (Å²) >= 11 is 0. The summed E-state index contributed by atoms with van der Waals surface area (Å²) < 4.78 is 0. The molecule has 0 aromatic heterocycles. The molecule has 0 bridgehead atoms. The number of anilines is 2. The van der Waals surface area contributed by atoms with Crippen LogP contribution >= 0.6 is 0 Å². The Morgan fingerprint density at radius 3 is 2.29 bits per heavy atom. The summed E-state index contributed by atoms with van der Waals surface area (Å²) in [6.45, 7) is 1.22. The second-order valence-corrected chi connectivity index (χ2v) is 4.37. The largest absolute Gasteiger partial charge is 0.479 e. The van der Waals surface area contributed by atoms with Crippen molar-refractivity contribution in [3.05, 3.63) is 24.3 Å². The number of carbonyl (C=O) groups is 1. The molecule has 1 aromatic carbocycles. The van der Waals surface area contributed by atoms with E-state index in [1.165, 1.54) is 6.92 Å². The first kappa shape index (κ1) is 13.3. The van der Waals surface area contributed by atoms with Crippen LogP contribution in [0.5, 0.6) is 0 Å². The summed E-state index contributed by atoms with van der Waals surface area (Å²) in [6, 6.07) is 7.51. The van der Waals surface area contributed by atoms with Crippen molar-refractivity contribution in [3.8, 4) is 0 Å². The number of hydrogen-bond acceptors (Lipinski definition) is 4. The standard InChI is InChI=1S/C12H18N2O3/c1-12(17,11(15)16)8-13-9-4-6-10(7-5-9)14(2)3/h4-7,13,17H,8H2,1-3H3,(H,15,16). The second-order valence-electron chi connectivity index (χ2n) is 4.37. The van der Waals surface area contributed by atoms with Gasteiger partial charge in [-0.25, -0.2) is 4.79 Å². The number of aliphatic carboxylic acids is 1. The zero-order valence-corrected chi connectivity index (χ0v) is 10.3. The van der Waals surface area contributed by atoms with Crippen LogP contribution in [0.4, 0.5) is 11.4 Å². The van der Waals surface area contributed by atoms with Crippen LogP contribution in [0, 0.1) is 0 Å². The van der Waals surface area contributed by atoms with E-state index >= 15 is 0 Å². The Morgan fingerprint density at radius 1 is 1.35 bits per heavy atom. The molecule has 0 amide bonds. The van der Waals surface area contributed by atoms with Crippen LogP contribution in [0.2, 0.25) is 0 Å². The van der Waals surface area contributed by atoms with Crippen molar-refractivity contribution in [3.63, 3.8) is 0 Å². The van der Waals surface area contributed by atoms with Crippen LogP contribution in [0.25, 0.3) is 0 Å². The zero-order valence-electron chi connectivity index (χ0n) is 10.3. The van der Waals surface area contributed by atoms with Crippen LogP contribution in [-0.4, -0.2) is 42.4 Å². The summed E-state index contributed by atoms with van der Waals surface area (Å²) in [5.41, 5.74) is 0.0675. The Kier molecular flexibility index (Phi) is 3.96. The number of nitrogens with one attached hydrogen (secondary N) is 1. The minimum Gasteiger partial charge on any atom is -0.479 e. The van der Waals surface area contributed by atoms with E-state index in [0.717, 1.165) is 11.4 Å². The minimum atomic E-state index is -1.76. The molecule has 5 heteroatoms. The highest BCUT2D eigenvalue weighted by Crippen LogP contribution is 2.16. The van der Waals surface area contributed by atoms with Crippen molar-refractivity contribution in [2.45, 2.75) is 12.5 Å². The SMILES string of the molecule is CN(C)c1ccc(NCC(C)(O)C(=O)O)cc1. The monoisotopic (exact) mass is 238 g/mol. The molecule has 1 atom stereocenters. The lowest BCUT2D eigenvalue weighted by molar-refractivity contribution is -0.155. The number of aliphatic hydroxyl groups is 1. The molecule has 1 unspecified atom stereocenters. The predicted octanol–water partition coefficient (Wildman–Crippen LogP) is 1.00. The third kappa shape index (κ3) is 3.64. The molecular formula is C12H18N2O3. The van der Waals surface area contributed by atoms with E-state index < -0.39 is 11.6 Å². The van der Waals surface area contributed by atoms with Gasteiger partial charge in [0, 0.05) is 25.5 Å². The van der Waals surface area contributed by atoms with Gasteiger partial charge in [-0.1, -0.05) is 0 Å². The van der Waals surface area contributed by atoms with Gasteiger partial charge in [0.25, 0.3) is 0 Å². The number of benzene rings is 1. The third-order valence-electron chi connectivity index (χ3n) is 2.48. The van der Waals surface area contributed by atoms with Gasteiger partial charge < -0.3 is 20.4 Å². The number of nitrogens with zero attached hydrogens (tertiary/aromatic N) is 1. The predicted molar refractivity (Wildman–Crippen MR) is 67.5 cm³/mol. The molecule has 5 nitrogen and oxygen atoms in total. The smallest absolute Gasteiger partial charge is 0.337 e. The number of rotatable bonds is 5. The molecule has 0 spiro atoms. The topological polar surface area (TPSA) is 72.8 Å². The lowest BCUT2D eigenvalue weighted by Gasteiger charge is -2.19. The number of carboxylic acid groups (broad SMARTS) is 1. The lowest BCUT2D eigenvalue weighted by atomic mass is 10.1. The maximum absolute atomic E-state index is 10.7. The van der Waals surface area contributed by atoms with E-state index in [9.17, 15) is 9.90 Å². The fourth-order valence-electron chi connectivity index (χ4n) is 1.23. The van der Waals surface area contributed by atoms with Crippen molar-refractivity contribution < 1.29 is 15.0 Å². The Balaban J connectivity index is 2.62. The number of hydrogen-bond donors (Lipinski definition) is 3. The fraction of sp³-hybridized carbons (Fsp3) is 0.417. The maximum atomic E-state index is 10.7. The van der Waals surface area contributed by atoms with Crippen LogP contribution in [0.15, 0.2) is 24.3 Å². The number of carboxylic acids is 1. The van der Waals surface area contributed by atoms with Crippen molar-refractivity contribution >= 4 is 17.3 Å². The average Bonchev–Trinajstić information content (AvgIpc) is 2.27. The highest BCUT2D eigenvalue weighted by Gasteiger charge is 2.29. The van der Waals surface area contributed by atoms with Gasteiger partial charge in [0.05, 0.1) is 6.54 Å². The molecule has 0 fully saturated rings. The molecule has 1 aromatic rings. The Hall–Kier alpha value is -1.75. The Labute approximate surface area is 101 Å². The molecule has 1 rings (SSSR count). The molecule has 17 heavy (non-hydrogen) atoms. The first-order chi connectivity index (χ1) is 7.83. The van der Waals surface area contributed by atoms with Gasteiger partial charge in [0.15, 0.2) is 5.60 Å². The average molecular weight is 238 g/mol. The minimum absolute atomic E-state index is 0.0381. The van der Waals surface area contributed by atoms with Gasteiger partial charge >= 0.3 is 5.97 Å². The summed E-state index contributed by atoms with van der Waals surface area (Å²) in [7, 11) is 3.88. The van der Waals surface area contributed by atoms with E-state index in [-0.39, 0.29) is 6.54 Å². The van der Waals surface area contributed by atoms with Crippen molar-refractivity contribution in [2.75, 3.05) is 30.9 Å². The van der Waals surface area contributed by atoms with Gasteiger partial charge in [0.2, 0.25) is 0 Å². The maximum Gasteiger partial charge on any atom is 0.337 e. The summed E-state index contributed by atoms with van der Waals surface area (Å²) in [5.74, 6) is -1.24. The zero-order chi connectivity index (χ0) is 13.1. The molecule has 0 saturated heterocycles. The van der Waals surface area contributed by atoms with Crippen molar-refractivity contribution in [1.82, 2.24) is 0 Å². The molecule has 0 aliphatic carbocycles. The van der Waals surface area contributed by atoms with E-state index in [2.05, 4.69) is 5.32 Å². The van der Waals surface area contributed by atoms with Crippen molar-refractivity contribution in [2.24, 2.45) is 0 Å². The molecule has 94 valence electrons. The summed E-state index contributed by atoms with van der Waals surface area (Å²) in [4.78, 5) is 12.7. The van der Waals surface area contributed by atoms with Gasteiger partial charge in [-0.15, -0.1) is 0 Å². The van der Waals surface area contributed by atoms with Crippen LogP contribution in [-0.2, 0) is 4.79 Å². The van der Waals surface area contributed by atoms with E-state index in [1.54, 1.807) is 0 Å². The molecule has 0 aliphatic heterocycles. The van der Waals surface area contributed by atoms with E-state index in [4.69, 9.17) is 5.11 Å². The third-order valence-corrected chi connectivity index (χ3v) is 2.48. The highest BCUT2D eigenvalue weighted by atomic mass is 16.4. The lowest BCUT2D eigenvalue weighted by Crippen LogP contribution is -2.41. The van der Waals surface area contributed by atoms with E-state index in [1.807, 2.05) is 43.3 Å². The molecular weight excluding hydrogens is 220 g/mol. The summed E-state index contributed by atoms with van der Waals surface area (Å²) in [6.07, 6.45) is 0. The van der Waals surface area contributed by atoms with Gasteiger partial charge in [0.1, 0.15) is 0 Å². The molecule has 0 radical (unpaired) electrons. The van der Waals surface area contributed by atoms with Gasteiger partial charge in [-0.3, -0.25) is 0 Å². The van der Waals surface area contributed by atoms with Gasteiger partial charge in [-0.05, 0) is 31.2 Å². The van der Waals surface area contributed by atoms with Crippen molar-refractivity contribution in [1.29, 1.82) is 0 Å². The molecule has 3 N–H and O–H groups in total. The van der Waals surface area contributed by atoms with Crippen LogP contribution in [0.3, 0.4) is 0 Å². The Morgan fingerprint density at radius 2 is 1.88 bits per heavy atom. The highest BCUT2D eigenvalue weighted by molar-refractivity contribution is 5.77. The molecule has 0 saturated carbocycles. The fourth-order valence-corrected chi connectivity index (χ4v) is 1.23. The van der Waals surface area contributed by atoms with Gasteiger partial charge in [-0.2, -0.15) is 0 Å². The molecule has 0 aliphatic rings. The normalized spacial score (nSPS) is 13.9.